The molecule has 1 N–H and O–H groups in total. The topological polar surface area (TPSA) is 71.5 Å². The summed E-state index contributed by atoms with van der Waals surface area (Å²) in [7, 11) is 0. The Morgan fingerprint density at radius 2 is 1.45 bits per heavy atom. The number of benzene rings is 2. The van der Waals surface area contributed by atoms with Gasteiger partial charge in [-0.2, -0.15) is 26.3 Å². The lowest BCUT2D eigenvalue weighted by molar-refractivity contribution is -0.157. The molecule has 0 saturated carbocycles. The first-order chi connectivity index (χ1) is 22.7. The molecule has 1 aromatic heterocycles. The van der Waals surface area contributed by atoms with Crippen molar-refractivity contribution in [2.24, 2.45) is 11.3 Å². The Balaban J connectivity index is 1.62. The molecule has 0 unspecified atom stereocenters. The lowest BCUT2D eigenvalue weighted by Gasteiger charge is -2.39. The predicted molar refractivity (Wildman–Crippen MR) is 173 cm³/mol. The highest BCUT2D eigenvalue weighted by atomic mass is 19.4. The molecule has 0 amide bonds. The highest BCUT2D eigenvalue weighted by Gasteiger charge is 2.41. The van der Waals surface area contributed by atoms with Crippen molar-refractivity contribution in [2.45, 2.75) is 72.2 Å². The van der Waals surface area contributed by atoms with E-state index in [2.05, 4.69) is 15.2 Å². The van der Waals surface area contributed by atoms with Crippen molar-refractivity contribution < 1.29 is 45.1 Å². The summed E-state index contributed by atoms with van der Waals surface area (Å²) in [6.07, 6.45) is -7.22. The van der Waals surface area contributed by atoms with Crippen LogP contribution >= 0.6 is 0 Å². The van der Waals surface area contributed by atoms with Crippen LogP contribution in [-0.2, 0) is 32.1 Å². The number of esters is 1. The minimum Gasteiger partial charge on any atom is -0.466 e. The molecule has 4 rings (SSSR count). The van der Waals surface area contributed by atoms with E-state index in [1.54, 1.807) is 26.0 Å². The minimum atomic E-state index is -5.06. The van der Waals surface area contributed by atoms with Crippen LogP contribution in [0, 0.1) is 24.1 Å². The molecule has 3 aromatic rings. The number of ketones is 1. The van der Waals surface area contributed by atoms with Crippen LogP contribution in [0.5, 0.6) is 0 Å². The van der Waals surface area contributed by atoms with Crippen molar-refractivity contribution in [2.75, 3.05) is 36.5 Å². The smallest absolute Gasteiger partial charge is 0.416 e. The first-order valence-electron chi connectivity index (χ1n) is 15.9. The quantitative estimate of drug-likeness (QED) is 0.169. The zero-order chi connectivity index (χ0) is 36.5. The highest BCUT2D eigenvalue weighted by molar-refractivity contribution is 5.94. The number of carbonyl (C=O) groups is 2. The molecular formula is C36H40F7N3O3. The number of pyridine rings is 1. The van der Waals surface area contributed by atoms with E-state index >= 15 is 0 Å². The average Bonchev–Trinajstić information content (AvgIpc) is 3.02. The van der Waals surface area contributed by atoms with Crippen molar-refractivity contribution in [3.05, 3.63) is 76.7 Å². The Bertz CT molecular complexity index is 1660. The predicted octanol–water partition coefficient (Wildman–Crippen LogP) is 9.00. The Morgan fingerprint density at radius 3 is 1.98 bits per heavy atom. The van der Waals surface area contributed by atoms with Crippen LogP contribution in [0.1, 0.15) is 69.7 Å². The van der Waals surface area contributed by atoms with E-state index in [0.717, 1.165) is 0 Å². The Labute approximate surface area is 281 Å². The summed E-state index contributed by atoms with van der Waals surface area (Å²) in [6, 6.07) is 7.16. The second-order valence-electron chi connectivity index (χ2n) is 13.4. The number of hydrogen-bond donors (Lipinski definition) is 1. The first kappa shape index (κ1) is 37.7. The Morgan fingerprint density at radius 1 is 0.878 bits per heavy atom. The molecule has 49 heavy (non-hydrogen) atoms. The SMILES string of the molecule is CCOC(=O)C(C)(C)C1CCN(c2cc(-c3ccc(F)cc3C)c(NCC(=O)C(C)(C)c3cc(C(F)(F)F)cc(C(F)(F)F)c3)cn2)CC1. The number of ether oxygens (including phenoxy) is 1. The molecule has 0 radical (unpaired) electrons. The summed E-state index contributed by atoms with van der Waals surface area (Å²) in [6.45, 7) is 10.8. The second kappa shape index (κ2) is 14.0. The van der Waals surface area contributed by atoms with Crippen LogP contribution in [0.15, 0.2) is 48.7 Å². The summed E-state index contributed by atoms with van der Waals surface area (Å²) >= 11 is 0. The summed E-state index contributed by atoms with van der Waals surface area (Å²) < 4.78 is 101. The molecule has 6 nitrogen and oxygen atoms in total. The standard InChI is InChI=1S/C36H40F7N3O3/c1-7-49-32(48)34(5,6)22-10-12-46(13-11-22)31-18-28(27-9-8-26(37)14-21(27)2)29(19-45-31)44-20-30(47)33(3,4)23-15-24(35(38,39)40)17-25(16-23)36(41,42)43/h8-9,14-19,22,44H,7,10-13,20H2,1-6H3. The maximum atomic E-state index is 14.1. The number of piperidine rings is 1. The van der Waals surface area contributed by atoms with Crippen molar-refractivity contribution in [3.8, 4) is 11.1 Å². The number of nitrogens with zero attached hydrogens (tertiary/aromatic N) is 2. The van der Waals surface area contributed by atoms with Gasteiger partial charge in [0.2, 0.25) is 0 Å². The molecule has 0 aliphatic carbocycles. The van der Waals surface area contributed by atoms with E-state index in [4.69, 9.17) is 4.74 Å². The normalized spacial score (nSPS) is 14.9. The van der Waals surface area contributed by atoms with E-state index < -0.39 is 58.0 Å². The number of halogens is 7. The number of hydrogen-bond acceptors (Lipinski definition) is 6. The van der Waals surface area contributed by atoms with Gasteiger partial charge in [0, 0.05) is 18.7 Å². The van der Waals surface area contributed by atoms with Gasteiger partial charge in [-0.3, -0.25) is 9.59 Å². The lowest BCUT2D eigenvalue weighted by Crippen LogP contribution is -2.43. The molecule has 1 saturated heterocycles. The molecule has 2 heterocycles. The minimum absolute atomic E-state index is 0.0244. The molecule has 1 fully saturated rings. The molecular weight excluding hydrogens is 655 g/mol. The van der Waals surface area contributed by atoms with E-state index in [0.29, 0.717) is 72.9 Å². The van der Waals surface area contributed by atoms with Gasteiger partial charge in [-0.15, -0.1) is 0 Å². The van der Waals surface area contributed by atoms with Gasteiger partial charge in [0.25, 0.3) is 0 Å². The van der Waals surface area contributed by atoms with Gasteiger partial charge >= 0.3 is 18.3 Å². The van der Waals surface area contributed by atoms with E-state index in [1.807, 2.05) is 13.8 Å². The van der Waals surface area contributed by atoms with Crippen LogP contribution in [0.25, 0.3) is 11.1 Å². The van der Waals surface area contributed by atoms with Crippen molar-refractivity contribution >= 4 is 23.3 Å². The van der Waals surface area contributed by atoms with Gasteiger partial charge in [0.05, 0.1) is 47.0 Å². The van der Waals surface area contributed by atoms with Gasteiger partial charge < -0.3 is 15.0 Å². The summed E-state index contributed by atoms with van der Waals surface area (Å²) in [5, 5.41) is 2.98. The molecule has 1 aliphatic rings. The van der Waals surface area contributed by atoms with Crippen LogP contribution in [0.2, 0.25) is 0 Å². The monoisotopic (exact) mass is 695 g/mol. The Kier molecular flexibility index (Phi) is 10.7. The van der Waals surface area contributed by atoms with Gasteiger partial charge in [0.15, 0.2) is 5.78 Å². The fourth-order valence-electron chi connectivity index (χ4n) is 6.10. The third-order valence-electron chi connectivity index (χ3n) is 9.46. The maximum Gasteiger partial charge on any atom is 0.416 e. The maximum absolute atomic E-state index is 14.1. The van der Waals surface area contributed by atoms with Crippen LogP contribution in [0.4, 0.5) is 42.2 Å². The van der Waals surface area contributed by atoms with Crippen molar-refractivity contribution in [3.63, 3.8) is 0 Å². The van der Waals surface area contributed by atoms with Crippen LogP contribution in [-0.4, -0.2) is 43.0 Å². The number of nitrogens with one attached hydrogen (secondary N) is 1. The molecule has 13 heteroatoms. The molecule has 0 bridgehead atoms. The zero-order valence-corrected chi connectivity index (χ0v) is 28.2. The summed E-state index contributed by atoms with van der Waals surface area (Å²) in [5.74, 6) is -0.680. The van der Waals surface area contributed by atoms with E-state index in [1.165, 1.54) is 32.2 Å². The molecule has 0 atom stereocenters. The average molecular weight is 696 g/mol. The van der Waals surface area contributed by atoms with Crippen molar-refractivity contribution in [1.82, 2.24) is 4.98 Å². The zero-order valence-electron chi connectivity index (χ0n) is 28.2. The number of carbonyl (C=O) groups excluding carboxylic acids is 2. The Hall–Kier alpha value is -4.16. The summed E-state index contributed by atoms with van der Waals surface area (Å²) in [5.41, 5.74) is -3.70. The van der Waals surface area contributed by atoms with Crippen molar-refractivity contribution in [1.29, 1.82) is 0 Å². The highest BCUT2D eigenvalue weighted by Crippen LogP contribution is 2.41. The van der Waals surface area contributed by atoms with Gasteiger partial charge in [-0.1, -0.05) is 6.07 Å². The van der Waals surface area contributed by atoms with E-state index in [-0.39, 0.29) is 18.0 Å². The molecule has 266 valence electrons. The van der Waals surface area contributed by atoms with Gasteiger partial charge in [-0.05, 0) is 113 Å². The largest absolute Gasteiger partial charge is 0.466 e. The number of rotatable bonds is 10. The lowest BCUT2D eigenvalue weighted by atomic mass is 9.73. The fraction of sp³-hybridized carbons (Fsp3) is 0.472. The number of anilines is 2. The number of Topliss-reactive ketones (excluding diaryl/α,β-unsaturated/α-hetero) is 1. The van der Waals surface area contributed by atoms with Gasteiger partial charge in [-0.25, -0.2) is 9.37 Å². The third-order valence-corrected chi connectivity index (χ3v) is 9.46. The third kappa shape index (κ3) is 8.36. The number of alkyl halides is 6. The summed E-state index contributed by atoms with van der Waals surface area (Å²) in [4.78, 5) is 32.7. The van der Waals surface area contributed by atoms with Crippen LogP contribution in [0.3, 0.4) is 0 Å². The number of aromatic nitrogens is 1. The van der Waals surface area contributed by atoms with E-state index in [9.17, 15) is 40.3 Å². The fourth-order valence-corrected chi connectivity index (χ4v) is 6.10. The second-order valence-corrected chi connectivity index (χ2v) is 13.4. The first-order valence-corrected chi connectivity index (χ1v) is 15.9. The number of aryl methyl sites for hydroxylation is 1. The van der Waals surface area contributed by atoms with Crippen LogP contribution < -0.4 is 10.2 Å². The molecule has 2 aromatic carbocycles. The molecule has 1 aliphatic heterocycles. The van der Waals surface area contributed by atoms with Gasteiger partial charge in [0.1, 0.15) is 11.6 Å². The molecule has 0 spiro atoms.